The van der Waals surface area contributed by atoms with Crippen LogP contribution >= 0.6 is 12.2 Å². The molecule has 1 fully saturated rings. The van der Waals surface area contributed by atoms with Crippen molar-refractivity contribution in [2.24, 2.45) is 5.73 Å². The quantitative estimate of drug-likeness (QED) is 0.777. The molecule has 1 unspecified atom stereocenters. The van der Waals surface area contributed by atoms with Crippen molar-refractivity contribution < 1.29 is 0 Å². The van der Waals surface area contributed by atoms with Gasteiger partial charge in [0.05, 0.1) is 11.9 Å². The zero-order valence-corrected chi connectivity index (χ0v) is 12.3. The Morgan fingerprint density at radius 1 is 1.53 bits per heavy atom. The zero-order valence-electron chi connectivity index (χ0n) is 11.5. The van der Waals surface area contributed by atoms with Gasteiger partial charge < -0.3 is 16.0 Å². The lowest BCUT2D eigenvalue weighted by molar-refractivity contribution is 0.122. The van der Waals surface area contributed by atoms with Crippen molar-refractivity contribution >= 4 is 22.9 Å². The van der Waals surface area contributed by atoms with E-state index in [1.807, 2.05) is 6.07 Å². The van der Waals surface area contributed by atoms with Gasteiger partial charge in [-0.2, -0.15) is 0 Å². The fourth-order valence-corrected chi connectivity index (χ4v) is 2.48. The minimum absolute atomic E-state index is 0.402. The standard InChI is InChI=1S/C13H21N5S/c1-17-5-6-18(2)10(9-17)7-16-12-8-15-4-3-11(12)13(14)19/h3-4,8,10,16H,5-7,9H2,1-2H3,(H2,14,19). The zero-order chi connectivity index (χ0) is 13.8. The van der Waals surface area contributed by atoms with Crippen LogP contribution in [-0.4, -0.2) is 66.1 Å². The van der Waals surface area contributed by atoms with Gasteiger partial charge in [0.25, 0.3) is 0 Å². The van der Waals surface area contributed by atoms with Crippen molar-refractivity contribution in [3.8, 4) is 0 Å². The van der Waals surface area contributed by atoms with Crippen LogP contribution in [-0.2, 0) is 0 Å². The van der Waals surface area contributed by atoms with Crippen LogP contribution in [0.5, 0.6) is 0 Å². The van der Waals surface area contributed by atoms with E-state index in [-0.39, 0.29) is 0 Å². The van der Waals surface area contributed by atoms with Crippen LogP contribution in [0.2, 0.25) is 0 Å². The van der Waals surface area contributed by atoms with Crippen LogP contribution in [0.1, 0.15) is 5.56 Å². The number of piperazine rings is 1. The van der Waals surface area contributed by atoms with Crippen LogP contribution in [0.3, 0.4) is 0 Å². The summed E-state index contributed by atoms with van der Waals surface area (Å²) >= 11 is 5.05. The van der Waals surface area contributed by atoms with Crippen LogP contribution in [0, 0.1) is 0 Å². The van der Waals surface area contributed by atoms with Crippen LogP contribution in [0.4, 0.5) is 5.69 Å². The van der Waals surface area contributed by atoms with Gasteiger partial charge in [-0.3, -0.25) is 9.88 Å². The molecule has 1 aromatic heterocycles. The monoisotopic (exact) mass is 279 g/mol. The number of pyridine rings is 1. The summed E-state index contributed by atoms with van der Waals surface area (Å²) in [5.41, 5.74) is 7.49. The largest absolute Gasteiger partial charge is 0.389 e. The highest BCUT2D eigenvalue weighted by Gasteiger charge is 2.22. The molecule has 19 heavy (non-hydrogen) atoms. The molecule has 0 aromatic carbocycles. The van der Waals surface area contributed by atoms with E-state index in [4.69, 9.17) is 18.0 Å². The molecule has 6 heteroatoms. The van der Waals surface area contributed by atoms with E-state index >= 15 is 0 Å². The van der Waals surface area contributed by atoms with Gasteiger partial charge in [-0.1, -0.05) is 12.2 Å². The topological polar surface area (TPSA) is 57.4 Å². The maximum Gasteiger partial charge on any atom is 0.106 e. The Morgan fingerprint density at radius 3 is 3.05 bits per heavy atom. The summed E-state index contributed by atoms with van der Waals surface area (Å²) in [7, 11) is 4.32. The van der Waals surface area contributed by atoms with E-state index in [1.165, 1.54) is 0 Å². The summed E-state index contributed by atoms with van der Waals surface area (Å²) in [4.78, 5) is 9.26. The van der Waals surface area contributed by atoms with E-state index in [1.54, 1.807) is 12.4 Å². The molecule has 0 radical (unpaired) electrons. The highest BCUT2D eigenvalue weighted by molar-refractivity contribution is 7.80. The first-order chi connectivity index (χ1) is 9.08. The van der Waals surface area contributed by atoms with Crippen molar-refractivity contribution in [3.63, 3.8) is 0 Å². The third kappa shape index (κ3) is 3.62. The Hall–Kier alpha value is -1.24. The summed E-state index contributed by atoms with van der Waals surface area (Å²) in [6.45, 7) is 4.14. The predicted octanol–water partition coefficient (Wildman–Crippen LogP) is 0.374. The number of nitrogens with two attached hydrogens (primary N) is 1. The number of hydrogen-bond acceptors (Lipinski definition) is 5. The first kappa shape index (κ1) is 14.2. The summed E-state index contributed by atoms with van der Waals surface area (Å²) in [6, 6.07) is 2.33. The van der Waals surface area contributed by atoms with E-state index in [0.717, 1.165) is 37.4 Å². The number of nitrogens with one attached hydrogen (secondary N) is 1. The smallest absolute Gasteiger partial charge is 0.106 e. The second-order valence-corrected chi connectivity index (χ2v) is 5.50. The lowest BCUT2D eigenvalue weighted by atomic mass is 10.1. The highest BCUT2D eigenvalue weighted by atomic mass is 32.1. The molecule has 1 aliphatic rings. The first-order valence-electron chi connectivity index (χ1n) is 6.44. The number of nitrogens with zero attached hydrogens (tertiary/aromatic N) is 3. The Balaban J connectivity index is 2.00. The molecule has 1 saturated heterocycles. The molecular weight excluding hydrogens is 258 g/mol. The third-order valence-electron chi connectivity index (χ3n) is 3.59. The van der Waals surface area contributed by atoms with Crippen molar-refractivity contribution in [2.45, 2.75) is 6.04 Å². The fourth-order valence-electron chi connectivity index (χ4n) is 2.30. The molecule has 2 heterocycles. The molecule has 1 atom stereocenters. The molecule has 5 nitrogen and oxygen atoms in total. The molecule has 0 aliphatic carbocycles. The molecule has 1 aliphatic heterocycles. The molecule has 104 valence electrons. The minimum Gasteiger partial charge on any atom is -0.389 e. The number of thiocarbonyl (C=S) groups is 1. The summed E-state index contributed by atoms with van der Waals surface area (Å²) in [5.74, 6) is 0. The number of anilines is 1. The molecule has 2 rings (SSSR count). The Kier molecular flexibility index (Phi) is 4.68. The van der Waals surface area contributed by atoms with E-state index in [0.29, 0.717) is 11.0 Å². The van der Waals surface area contributed by atoms with E-state index < -0.39 is 0 Å². The van der Waals surface area contributed by atoms with Gasteiger partial charge >= 0.3 is 0 Å². The minimum atomic E-state index is 0.402. The van der Waals surface area contributed by atoms with Gasteiger partial charge in [0.15, 0.2) is 0 Å². The number of hydrogen-bond donors (Lipinski definition) is 2. The van der Waals surface area contributed by atoms with Crippen molar-refractivity contribution in [1.29, 1.82) is 0 Å². The maximum absolute atomic E-state index is 5.72. The molecule has 0 amide bonds. The Bertz CT molecular complexity index is 450. The van der Waals surface area contributed by atoms with Gasteiger partial charge in [0.1, 0.15) is 4.99 Å². The van der Waals surface area contributed by atoms with Gasteiger partial charge in [-0.15, -0.1) is 0 Å². The van der Waals surface area contributed by atoms with Gasteiger partial charge in [-0.25, -0.2) is 0 Å². The molecular formula is C13H21N5S. The number of likely N-dealkylation sites (N-methyl/N-ethyl adjacent to an activating group) is 2. The molecule has 0 saturated carbocycles. The van der Waals surface area contributed by atoms with Gasteiger partial charge in [0.2, 0.25) is 0 Å². The van der Waals surface area contributed by atoms with Crippen molar-refractivity contribution in [1.82, 2.24) is 14.8 Å². The van der Waals surface area contributed by atoms with Crippen LogP contribution in [0.25, 0.3) is 0 Å². The van der Waals surface area contributed by atoms with Gasteiger partial charge in [0, 0.05) is 44.0 Å². The van der Waals surface area contributed by atoms with Crippen molar-refractivity contribution in [2.75, 3.05) is 45.6 Å². The Morgan fingerprint density at radius 2 is 2.32 bits per heavy atom. The lowest BCUT2D eigenvalue weighted by Crippen LogP contribution is -2.52. The lowest BCUT2D eigenvalue weighted by Gasteiger charge is -2.38. The number of rotatable bonds is 4. The van der Waals surface area contributed by atoms with Crippen LogP contribution in [0.15, 0.2) is 18.5 Å². The molecule has 0 spiro atoms. The fraction of sp³-hybridized carbons (Fsp3) is 0.538. The molecule has 0 bridgehead atoms. The predicted molar refractivity (Wildman–Crippen MR) is 82.5 cm³/mol. The van der Waals surface area contributed by atoms with Gasteiger partial charge in [-0.05, 0) is 20.2 Å². The second kappa shape index (κ2) is 6.27. The molecule has 1 aromatic rings. The van der Waals surface area contributed by atoms with E-state index in [2.05, 4.69) is 34.2 Å². The second-order valence-electron chi connectivity index (χ2n) is 5.06. The maximum atomic E-state index is 5.72. The summed E-state index contributed by atoms with van der Waals surface area (Å²) in [6.07, 6.45) is 3.49. The van der Waals surface area contributed by atoms with Crippen molar-refractivity contribution in [3.05, 3.63) is 24.0 Å². The first-order valence-corrected chi connectivity index (χ1v) is 6.85. The third-order valence-corrected chi connectivity index (χ3v) is 3.81. The average Bonchev–Trinajstić information content (AvgIpc) is 2.40. The Labute approximate surface area is 119 Å². The average molecular weight is 279 g/mol. The highest BCUT2D eigenvalue weighted by Crippen LogP contribution is 2.14. The molecule has 3 N–H and O–H groups in total. The van der Waals surface area contributed by atoms with E-state index in [9.17, 15) is 0 Å². The summed E-state index contributed by atoms with van der Waals surface area (Å²) < 4.78 is 0. The normalized spacial score (nSPS) is 21.3. The van der Waals surface area contributed by atoms with Crippen LogP contribution < -0.4 is 11.1 Å². The number of aromatic nitrogens is 1. The SMILES string of the molecule is CN1CCN(C)C(CNc2cnccc2C(N)=S)C1. The summed E-state index contributed by atoms with van der Waals surface area (Å²) in [5, 5.41) is 3.42.